The highest BCUT2D eigenvalue weighted by Crippen LogP contribution is 2.45. The molecule has 0 bridgehead atoms. The summed E-state index contributed by atoms with van der Waals surface area (Å²) in [6.45, 7) is 0. The Kier molecular flexibility index (Phi) is 8.05. The first kappa shape index (κ1) is 30.9. The first-order valence-electron chi connectivity index (χ1n) is 18.0. The van der Waals surface area contributed by atoms with Crippen molar-refractivity contribution in [1.82, 2.24) is 5.32 Å². The summed E-state index contributed by atoms with van der Waals surface area (Å²) in [5, 5.41) is 20.3. The zero-order chi connectivity index (χ0) is 34.1. The van der Waals surface area contributed by atoms with Crippen LogP contribution in [0.4, 0.5) is 11.4 Å². The topological polar surface area (TPSA) is 59.9 Å². The lowest BCUT2D eigenvalue weighted by Gasteiger charge is -2.35. The van der Waals surface area contributed by atoms with Gasteiger partial charge >= 0.3 is 0 Å². The minimum absolute atomic E-state index is 0.0225. The average molecular weight is 661 g/mol. The zero-order valence-corrected chi connectivity index (χ0v) is 28.4. The number of allylic oxidation sites excluding steroid dienone is 4. The lowest BCUT2D eigenvalue weighted by atomic mass is 9.83. The molecule has 9 rings (SSSR count). The van der Waals surface area contributed by atoms with Crippen LogP contribution in [-0.2, 0) is 6.42 Å². The Morgan fingerprint density at radius 1 is 0.706 bits per heavy atom. The monoisotopic (exact) mass is 660 g/mol. The van der Waals surface area contributed by atoms with Crippen molar-refractivity contribution >= 4 is 46.2 Å². The Morgan fingerprint density at radius 2 is 1.49 bits per heavy atom. The second-order valence-corrected chi connectivity index (χ2v) is 13.8. The molecule has 5 aromatic rings. The van der Waals surface area contributed by atoms with Crippen LogP contribution in [0.15, 0.2) is 152 Å². The van der Waals surface area contributed by atoms with Crippen molar-refractivity contribution in [2.24, 2.45) is 5.92 Å². The van der Waals surface area contributed by atoms with Gasteiger partial charge in [-0.2, -0.15) is 0 Å². The highest BCUT2D eigenvalue weighted by atomic mass is 15.0. The molecule has 0 aromatic heterocycles. The molecule has 1 aliphatic carbocycles. The van der Waals surface area contributed by atoms with E-state index in [2.05, 4.69) is 156 Å². The number of hydrogen-bond donors (Lipinski definition) is 4. The summed E-state index contributed by atoms with van der Waals surface area (Å²) in [6.07, 6.45) is 18.4. The van der Waals surface area contributed by atoms with Crippen molar-refractivity contribution in [3.8, 4) is 0 Å². The van der Waals surface area contributed by atoms with Gasteiger partial charge in [-0.3, -0.25) is 0 Å². The molecule has 3 atom stereocenters. The third-order valence-corrected chi connectivity index (χ3v) is 10.7. The van der Waals surface area contributed by atoms with Crippen molar-refractivity contribution in [3.63, 3.8) is 0 Å². The van der Waals surface area contributed by atoms with E-state index in [0.29, 0.717) is 12.0 Å². The summed E-state index contributed by atoms with van der Waals surface area (Å²) in [7, 11) is 0. The summed E-state index contributed by atoms with van der Waals surface area (Å²) in [6, 6.07) is 43.4. The van der Waals surface area contributed by atoms with Crippen LogP contribution in [0.5, 0.6) is 0 Å². The van der Waals surface area contributed by atoms with Crippen LogP contribution in [0.25, 0.3) is 28.6 Å². The maximum absolute atomic E-state index is 8.51. The standard InChI is InChI=1S/C47H40N4/c48-30-40(31-13-4-1-5-14-31)47-39-22-11-10-21-38(39)43(44(51-47)33-17-8-3-9-18-33)37-20-12-19-36(29-37)42-28-26-35-24-23-34-25-27-41(32-15-6-2-7-16-32)49-45(34)46(35)50-42/h1-15,17-24,26,28-30,32,41-42,48-51H,16,25,27H2/b47-40+,48-30?. The zero-order valence-electron chi connectivity index (χ0n) is 28.4. The Hall–Kier alpha value is -6.13. The number of hydrogen-bond acceptors (Lipinski definition) is 4. The number of rotatable bonds is 6. The molecular formula is C47H40N4. The van der Waals surface area contributed by atoms with Crippen molar-refractivity contribution in [2.75, 3.05) is 10.6 Å². The van der Waals surface area contributed by atoms with E-state index < -0.39 is 0 Å². The van der Waals surface area contributed by atoms with Crippen LogP contribution in [0.2, 0.25) is 0 Å². The minimum Gasteiger partial charge on any atom is -0.380 e. The molecule has 3 heterocycles. The molecule has 3 unspecified atom stereocenters. The molecule has 0 radical (unpaired) electrons. The molecule has 248 valence electrons. The van der Waals surface area contributed by atoms with E-state index in [1.807, 2.05) is 18.2 Å². The smallest absolute Gasteiger partial charge is 0.0702 e. The van der Waals surface area contributed by atoms with Crippen molar-refractivity contribution in [2.45, 2.75) is 31.3 Å². The van der Waals surface area contributed by atoms with Crippen molar-refractivity contribution in [1.29, 1.82) is 5.41 Å². The second-order valence-electron chi connectivity index (χ2n) is 13.8. The van der Waals surface area contributed by atoms with Gasteiger partial charge in [0, 0.05) is 34.9 Å². The summed E-state index contributed by atoms with van der Waals surface area (Å²) >= 11 is 0. The van der Waals surface area contributed by atoms with E-state index >= 15 is 0 Å². The molecule has 0 saturated heterocycles. The van der Waals surface area contributed by atoms with E-state index in [9.17, 15) is 0 Å². The maximum atomic E-state index is 8.51. The number of aryl methyl sites for hydroxylation is 1. The van der Waals surface area contributed by atoms with E-state index in [0.717, 1.165) is 69.6 Å². The lowest BCUT2D eigenvalue weighted by molar-refractivity contribution is 0.491. The van der Waals surface area contributed by atoms with E-state index in [1.165, 1.54) is 34.3 Å². The minimum atomic E-state index is 0.0225. The highest BCUT2D eigenvalue weighted by molar-refractivity contribution is 6.21. The fraction of sp³-hybridized carbons (Fsp3) is 0.128. The summed E-state index contributed by atoms with van der Waals surface area (Å²) in [5.74, 6) is 0.517. The molecule has 51 heavy (non-hydrogen) atoms. The van der Waals surface area contributed by atoms with Crippen LogP contribution in [0.3, 0.4) is 0 Å². The van der Waals surface area contributed by atoms with Crippen molar-refractivity contribution in [3.05, 3.63) is 196 Å². The van der Waals surface area contributed by atoms with Crippen LogP contribution >= 0.6 is 0 Å². The van der Waals surface area contributed by atoms with Gasteiger partial charge in [-0.15, -0.1) is 0 Å². The predicted molar refractivity (Wildman–Crippen MR) is 214 cm³/mol. The van der Waals surface area contributed by atoms with Gasteiger partial charge < -0.3 is 21.4 Å². The van der Waals surface area contributed by atoms with E-state index in [-0.39, 0.29) is 6.04 Å². The molecule has 4 aliphatic rings. The Morgan fingerprint density at radius 3 is 2.29 bits per heavy atom. The van der Waals surface area contributed by atoms with Gasteiger partial charge in [-0.25, -0.2) is 0 Å². The van der Waals surface area contributed by atoms with E-state index in [4.69, 9.17) is 5.41 Å². The normalized spacial score (nSPS) is 21.0. The molecule has 0 spiro atoms. The number of nitrogens with one attached hydrogen (secondary N) is 4. The van der Waals surface area contributed by atoms with E-state index in [1.54, 1.807) is 0 Å². The summed E-state index contributed by atoms with van der Waals surface area (Å²) in [4.78, 5) is 0. The molecule has 0 fully saturated rings. The predicted octanol–water partition coefficient (Wildman–Crippen LogP) is 10.8. The third-order valence-electron chi connectivity index (χ3n) is 10.7. The molecule has 4 N–H and O–H groups in total. The van der Waals surface area contributed by atoms with Gasteiger partial charge in [0.2, 0.25) is 0 Å². The second kappa shape index (κ2) is 13.3. The number of fused-ring (bicyclic) bond motifs is 4. The fourth-order valence-corrected chi connectivity index (χ4v) is 8.16. The maximum Gasteiger partial charge on any atom is 0.0702 e. The SMILES string of the molecule is N=C/C(=C1\NC(c2ccccc2)=C(c2cccc(C3C=Cc4ccc5c(c4N3)NC(C3C=CC=CC3)CC5)c2)c2ccccc21)c1ccccc1. The van der Waals surface area contributed by atoms with Gasteiger partial charge in [0.05, 0.1) is 28.8 Å². The fourth-order valence-electron chi connectivity index (χ4n) is 8.16. The van der Waals surface area contributed by atoms with Crippen LogP contribution < -0.4 is 16.0 Å². The molecule has 4 nitrogen and oxygen atoms in total. The Labute approximate surface area is 300 Å². The van der Waals surface area contributed by atoms with Gasteiger partial charge in [0.15, 0.2) is 0 Å². The van der Waals surface area contributed by atoms with Gasteiger partial charge in [-0.1, -0.05) is 152 Å². The molecule has 4 heteroatoms. The molecule has 0 saturated carbocycles. The van der Waals surface area contributed by atoms with Crippen LogP contribution in [0, 0.1) is 11.3 Å². The van der Waals surface area contributed by atoms with Crippen molar-refractivity contribution < 1.29 is 0 Å². The Balaban J connectivity index is 1.12. The van der Waals surface area contributed by atoms with Gasteiger partial charge in [0.25, 0.3) is 0 Å². The quantitative estimate of drug-likeness (QED) is 0.137. The highest BCUT2D eigenvalue weighted by Gasteiger charge is 2.30. The van der Waals surface area contributed by atoms with Gasteiger partial charge in [0.1, 0.15) is 0 Å². The summed E-state index contributed by atoms with van der Waals surface area (Å²) < 4.78 is 0. The lowest BCUT2D eigenvalue weighted by Crippen LogP contribution is -2.33. The first-order valence-corrected chi connectivity index (χ1v) is 18.0. The molecule has 0 amide bonds. The van der Waals surface area contributed by atoms with Crippen LogP contribution in [-0.4, -0.2) is 12.3 Å². The first-order chi connectivity index (χ1) is 25.2. The average Bonchev–Trinajstić information content (AvgIpc) is 3.21. The molecular weight excluding hydrogens is 621 g/mol. The van der Waals surface area contributed by atoms with Gasteiger partial charge in [-0.05, 0) is 64.3 Å². The third kappa shape index (κ3) is 5.73. The largest absolute Gasteiger partial charge is 0.380 e. The Bertz CT molecular complexity index is 2290. The molecule has 5 aromatic carbocycles. The molecule has 3 aliphatic heterocycles. The summed E-state index contributed by atoms with van der Waals surface area (Å²) in [5.41, 5.74) is 15.8. The number of anilines is 2. The van der Waals surface area contributed by atoms with Crippen LogP contribution in [0.1, 0.15) is 63.4 Å². The number of benzene rings is 5.